The van der Waals surface area contributed by atoms with Gasteiger partial charge in [0.15, 0.2) is 0 Å². The number of methoxy groups -OCH3 is 1. The molecule has 2 heterocycles. The van der Waals surface area contributed by atoms with Crippen LogP contribution in [0.5, 0.6) is 5.75 Å². The molecule has 0 fully saturated rings. The third-order valence-corrected chi connectivity index (χ3v) is 5.60. The molecule has 0 unspecified atom stereocenters. The number of hydrogen-bond acceptors (Lipinski definition) is 7. The SMILES string of the molecule is COC(=O)C1=C(N)Oc2cc(C)n(Cc3ccccc3)c(=O)c2[C@H]1c1ccc([N+](=O)[O-])cc1. The molecule has 0 aliphatic carbocycles. The van der Waals surface area contributed by atoms with Crippen LogP contribution in [0.2, 0.25) is 0 Å². The van der Waals surface area contributed by atoms with Crippen molar-refractivity contribution in [1.82, 2.24) is 4.57 Å². The molecule has 0 saturated carbocycles. The molecule has 9 heteroatoms. The minimum Gasteiger partial charge on any atom is -0.465 e. The van der Waals surface area contributed by atoms with Crippen molar-refractivity contribution in [2.24, 2.45) is 5.73 Å². The number of hydrogen-bond donors (Lipinski definition) is 1. The van der Waals surface area contributed by atoms with Gasteiger partial charge in [-0.25, -0.2) is 4.79 Å². The molecular formula is C24H21N3O6. The van der Waals surface area contributed by atoms with Crippen molar-refractivity contribution in [3.63, 3.8) is 0 Å². The van der Waals surface area contributed by atoms with Gasteiger partial charge >= 0.3 is 5.97 Å². The fourth-order valence-electron chi connectivity index (χ4n) is 3.98. The highest BCUT2D eigenvalue weighted by Crippen LogP contribution is 2.41. The highest BCUT2D eigenvalue weighted by molar-refractivity contribution is 5.92. The third-order valence-electron chi connectivity index (χ3n) is 5.60. The molecule has 1 aliphatic heterocycles. The van der Waals surface area contributed by atoms with E-state index in [2.05, 4.69) is 0 Å². The molecule has 3 aromatic rings. The van der Waals surface area contributed by atoms with Crippen LogP contribution in [0.1, 0.15) is 28.3 Å². The molecule has 168 valence electrons. The number of esters is 1. The Bertz CT molecular complexity index is 1330. The largest absolute Gasteiger partial charge is 0.465 e. The van der Waals surface area contributed by atoms with E-state index >= 15 is 0 Å². The lowest BCUT2D eigenvalue weighted by molar-refractivity contribution is -0.384. The molecule has 1 aromatic heterocycles. The molecule has 0 amide bonds. The van der Waals surface area contributed by atoms with Crippen LogP contribution in [0.4, 0.5) is 5.69 Å². The van der Waals surface area contributed by atoms with Crippen molar-refractivity contribution in [2.45, 2.75) is 19.4 Å². The van der Waals surface area contributed by atoms with Gasteiger partial charge in [-0.05, 0) is 18.1 Å². The summed E-state index contributed by atoms with van der Waals surface area (Å²) in [7, 11) is 1.20. The number of non-ortho nitro benzene ring substituents is 1. The maximum atomic E-state index is 13.7. The quantitative estimate of drug-likeness (QED) is 0.362. The zero-order chi connectivity index (χ0) is 23.7. The van der Waals surface area contributed by atoms with Crippen molar-refractivity contribution in [3.8, 4) is 5.75 Å². The number of nitrogens with zero attached hydrogens (tertiary/aromatic N) is 2. The summed E-state index contributed by atoms with van der Waals surface area (Å²) in [6.07, 6.45) is 0. The van der Waals surface area contributed by atoms with Gasteiger partial charge in [0.05, 0.1) is 30.1 Å². The number of benzene rings is 2. The van der Waals surface area contributed by atoms with Crippen LogP contribution in [0.15, 0.2) is 76.9 Å². The maximum Gasteiger partial charge on any atom is 0.340 e. The van der Waals surface area contributed by atoms with Gasteiger partial charge in [0.25, 0.3) is 11.2 Å². The number of rotatable bonds is 5. The summed E-state index contributed by atoms with van der Waals surface area (Å²) in [6, 6.07) is 16.8. The second-order valence-corrected chi connectivity index (χ2v) is 7.59. The smallest absolute Gasteiger partial charge is 0.340 e. The number of aryl methyl sites for hydroxylation is 1. The first-order valence-electron chi connectivity index (χ1n) is 10.1. The van der Waals surface area contributed by atoms with Gasteiger partial charge in [-0.15, -0.1) is 0 Å². The number of fused-ring (bicyclic) bond motifs is 1. The Kier molecular flexibility index (Phi) is 5.70. The van der Waals surface area contributed by atoms with E-state index in [0.29, 0.717) is 17.8 Å². The minimum atomic E-state index is -0.919. The van der Waals surface area contributed by atoms with E-state index in [9.17, 15) is 19.7 Å². The Balaban J connectivity index is 1.93. The van der Waals surface area contributed by atoms with Gasteiger partial charge in [-0.3, -0.25) is 14.9 Å². The summed E-state index contributed by atoms with van der Waals surface area (Å²) >= 11 is 0. The molecule has 1 atom stereocenters. The molecule has 0 saturated heterocycles. The Morgan fingerprint density at radius 2 is 1.85 bits per heavy atom. The average molecular weight is 447 g/mol. The first-order chi connectivity index (χ1) is 15.8. The van der Waals surface area contributed by atoms with Gasteiger partial charge in [0.2, 0.25) is 5.88 Å². The van der Waals surface area contributed by atoms with Crippen molar-refractivity contribution >= 4 is 11.7 Å². The molecule has 9 nitrogen and oxygen atoms in total. The first-order valence-corrected chi connectivity index (χ1v) is 10.1. The van der Waals surface area contributed by atoms with Gasteiger partial charge in [-0.2, -0.15) is 0 Å². The number of pyridine rings is 1. The highest BCUT2D eigenvalue weighted by atomic mass is 16.6. The summed E-state index contributed by atoms with van der Waals surface area (Å²) in [6.45, 7) is 2.10. The lowest BCUT2D eigenvalue weighted by Gasteiger charge is -2.29. The normalized spacial score (nSPS) is 14.9. The molecule has 1 aliphatic rings. The summed E-state index contributed by atoms with van der Waals surface area (Å²) in [5, 5.41) is 11.1. The van der Waals surface area contributed by atoms with Crippen molar-refractivity contribution in [2.75, 3.05) is 7.11 Å². The fourth-order valence-corrected chi connectivity index (χ4v) is 3.98. The van der Waals surface area contributed by atoms with Crippen LogP contribution in [0, 0.1) is 17.0 Å². The third kappa shape index (κ3) is 3.96. The van der Waals surface area contributed by atoms with Crippen LogP contribution in [-0.4, -0.2) is 22.6 Å². The number of nitro benzene ring substituents is 1. The van der Waals surface area contributed by atoms with E-state index < -0.39 is 16.8 Å². The number of aromatic nitrogens is 1. The van der Waals surface area contributed by atoms with Gasteiger partial charge in [0, 0.05) is 23.9 Å². The van der Waals surface area contributed by atoms with Gasteiger partial charge in [-0.1, -0.05) is 42.5 Å². The summed E-state index contributed by atoms with van der Waals surface area (Å²) in [5.41, 5.74) is 7.83. The van der Waals surface area contributed by atoms with Crippen molar-refractivity contribution in [3.05, 3.63) is 115 Å². The zero-order valence-electron chi connectivity index (χ0n) is 18.0. The fraction of sp³-hybridized carbons (Fsp3) is 0.167. The summed E-state index contributed by atoms with van der Waals surface area (Å²) in [5.74, 6) is -1.62. The van der Waals surface area contributed by atoms with Crippen LogP contribution < -0.4 is 16.0 Å². The van der Waals surface area contributed by atoms with Gasteiger partial charge < -0.3 is 19.8 Å². The molecule has 4 rings (SSSR count). The molecule has 2 N–H and O–H groups in total. The second kappa shape index (κ2) is 8.62. The van der Waals surface area contributed by atoms with E-state index in [1.807, 2.05) is 30.3 Å². The number of nitrogens with two attached hydrogens (primary N) is 1. The van der Waals surface area contributed by atoms with E-state index in [-0.39, 0.29) is 34.0 Å². The second-order valence-electron chi connectivity index (χ2n) is 7.59. The molecule has 0 radical (unpaired) electrons. The Morgan fingerprint density at radius 1 is 1.18 bits per heavy atom. The molecule has 33 heavy (non-hydrogen) atoms. The van der Waals surface area contributed by atoms with Crippen molar-refractivity contribution < 1.29 is 19.2 Å². The topological polar surface area (TPSA) is 127 Å². The highest BCUT2D eigenvalue weighted by Gasteiger charge is 2.38. The molecule has 2 aromatic carbocycles. The number of carbonyl (C=O) groups is 1. The predicted octanol–water partition coefficient (Wildman–Crippen LogP) is 2.98. The number of carbonyl (C=O) groups excluding carboxylic acids is 1. The molecule has 0 bridgehead atoms. The van der Waals surface area contributed by atoms with Gasteiger partial charge in [0.1, 0.15) is 11.3 Å². The minimum absolute atomic E-state index is 0.0360. The molecular weight excluding hydrogens is 426 g/mol. The van der Waals surface area contributed by atoms with Crippen LogP contribution in [-0.2, 0) is 16.1 Å². The van der Waals surface area contributed by atoms with Crippen molar-refractivity contribution in [1.29, 1.82) is 0 Å². The van der Waals surface area contributed by atoms with Crippen LogP contribution >= 0.6 is 0 Å². The standard InChI is InChI=1S/C24H21N3O6/c1-14-12-18-20(23(28)26(14)13-15-6-4-3-5-7-15)19(21(22(25)33-18)24(29)32-2)16-8-10-17(11-9-16)27(30)31/h3-12,19H,13,25H2,1-2H3/t19-/m1/s1. The number of ether oxygens (including phenoxy) is 2. The number of nitro groups is 1. The van der Waals surface area contributed by atoms with Crippen LogP contribution in [0.3, 0.4) is 0 Å². The van der Waals surface area contributed by atoms with E-state index in [4.69, 9.17) is 15.2 Å². The Labute approximate surface area is 188 Å². The van der Waals surface area contributed by atoms with E-state index in [1.165, 1.54) is 31.4 Å². The molecule has 0 spiro atoms. The van der Waals surface area contributed by atoms with E-state index in [0.717, 1.165) is 5.56 Å². The Morgan fingerprint density at radius 3 is 2.45 bits per heavy atom. The van der Waals surface area contributed by atoms with Crippen LogP contribution in [0.25, 0.3) is 0 Å². The predicted molar refractivity (Wildman–Crippen MR) is 120 cm³/mol. The van der Waals surface area contributed by atoms with E-state index in [1.54, 1.807) is 17.6 Å². The maximum absolute atomic E-state index is 13.7. The Hall–Kier alpha value is -4.40. The first kappa shape index (κ1) is 21.8. The summed E-state index contributed by atoms with van der Waals surface area (Å²) in [4.78, 5) is 36.9. The zero-order valence-corrected chi connectivity index (χ0v) is 18.0. The monoisotopic (exact) mass is 447 g/mol. The lowest BCUT2D eigenvalue weighted by Crippen LogP contribution is -2.35. The summed E-state index contributed by atoms with van der Waals surface area (Å²) < 4.78 is 12.2. The average Bonchev–Trinajstić information content (AvgIpc) is 2.81. The lowest BCUT2D eigenvalue weighted by atomic mass is 9.83.